The number of hydrogen-bond donors (Lipinski definition) is 0. The van der Waals surface area contributed by atoms with Gasteiger partial charge in [-0.2, -0.15) is 4.31 Å². The van der Waals surface area contributed by atoms with Crippen LogP contribution in [0.25, 0.3) is 0 Å². The summed E-state index contributed by atoms with van der Waals surface area (Å²) in [6, 6.07) is 6.42. The SMILES string of the molecule is CN(C)CC1CCC2(CN(S(=O)(=O)c3cccc(Cl)c3)C2)OC1. The molecule has 0 N–H and O–H groups in total. The number of hydrogen-bond acceptors (Lipinski definition) is 4. The second kappa shape index (κ2) is 6.33. The molecule has 2 aliphatic heterocycles. The zero-order valence-electron chi connectivity index (χ0n) is 13.5. The molecule has 1 aromatic carbocycles. The van der Waals surface area contributed by atoms with Crippen LogP contribution in [0.5, 0.6) is 0 Å². The maximum Gasteiger partial charge on any atom is 0.243 e. The minimum atomic E-state index is -3.47. The lowest BCUT2D eigenvalue weighted by Crippen LogP contribution is -2.66. The summed E-state index contributed by atoms with van der Waals surface area (Å²) in [5, 5.41) is 0.432. The van der Waals surface area contributed by atoms with E-state index in [9.17, 15) is 8.42 Å². The van der Waals surface area contributed by atoms with E-state index in [1.54, 1.807) is 18.2 Å². The molecule has 1 spiro atoms. The van der Waals surface area contributed by atoms with Crippen molar-refractivity contribution in [1.29, 1.82) is 0 Å². The molecule has 2 heterocycles. The van der Waals surface area contributed by atoms with E-state index in [0.29, 0.717) is 30.6 Å². The van der Waals surface area contributed by atoms with Gasteiger partial charge in [-0.3, -0.25) is 0 Å². The Morgan fingerprint density at radius 1 is 1.39 bits per heavy atom. The van der Waals surface area contributed by atoms with Crippen LogP contribution in [0.4, 0.5) is 0 Å². The fourth-order valence-corrected chi connectivity index (χ4v) is 5.26. The lowest BCUT2D eigenvalue weighted by atomic mass is 9.84. The Bertz CT molecular complexity index is 662. The molecule has 1 unspecified atom stereocenters. The van der Waals surface area contributed by atoms with Gasteiger partial charge < -0.3 is 9.64 Å². The molecule has 5 nitrogen and oxygen atoms in total. The van der Waals surface area contributed by atoms with Crippen LogP contribution in [0.3, 0.4) is 0 Å². The topological polar surface area (TPSA) is 49.9 Å². The highest BCUT2D eigenvalue weighted by Gasteiger charge is 2.51. The summed E-state index contributed by atoms with van der Waals surface area (Å²) >= 11 is 5.90. The van der Waals surface area contributed by atoms with Gasteiger partial charge in [0.05, 0.1) is 17.1 Å². The number of benzene rings is 1. The molecule has 0 amide bonds. The number of rotatable bonds is 4. The normalized spacial score (nSPS) is 24.8. The van der Waals surface area contributed by atoms with Crippen LogP contribution in [-0.4, -0.2) is 63.6 Å². The smallest absolute Gasteiger partial charge is 0.243 e. The largest absolute Gasteiger partial charge is 0.372 e. The van der Waals surface area contributed by atoms with Crippen molar-refractivity contribution >= 4 is 21.6 Å². The molecule has 128 valence electrons. The molecule has 2 aliphatic rings. The van der Waals surface area contributed by atoms with Crippen LogP contribution in [0.15, 0.2) is 29.2 Å². The van der Waals surface area contributed by atoms with Crippen molar-refractivity contribution in [3.63, 3.8) is 0 Å². The van der Waals surface area contributed by atoms with E-state index >= 15 is 0 Å². The van der Waals surface area contributed by atoms with Crippen LogP contribution < -0.4 is 0 Å². The van der Waals surface area contributed by atoms with Gasteiger partial charge in [-0.25, -0.2) is 8.42 Å². The van der Waals surface area contributed by atoms with Crippen LogP contribution in [0.1, 0.15) is 12.8 Å². The van der Waals surface area contributed by atoms with Gasteiger partial charge in [0.15, 0.2) is 0 Å². The van der Waals surface area contributed by atoms with E-state index in [-0.39, 0.29) is 10.5 Å². The van der Waals surface area contributed by atoms with Gasteiger partial charge in [-0.15, -0.1) is 0 Å². The second-order valence-electron chi connectivity index (χ2n) is 6.89. The van der Waals surface area contributed by atoms with Gasteiger partial charge in [0.25, 0.3) is 0 Å². The quantitative estimate of drug-likeness (QED) is 0.826. The van der Waals surface area contributed by atoms with Crippen molar-refractivity contribution in [3.05, 3.63) is 29.3 Å². The van der Waals surface area contributed by atoms with Gasteiger partial charge in [0.1, 0.15) is 0 Å². The first-order chi connectivity index (χ1) is 10.8. The van der Waals surface area contributed by atoms with E-state index in [2.05, 4.69) is 19.0 Å². The molecule has 3 rings (SSSR count). The van der Waals surface area contributed by atoms with Gasteiger partial charge in [0.2, 0.25) is 10.0 Å². The van der Waals surface area contributed by atoms with E-state index in [0.717, 1.165) is 19.4 Å². The van der Waals surface area contributed by atoms with E-state index in [1.807, 2.05) is 0 Å². The Hall–Kier alpha value is -0.660. The zero-order chi connectivity index (χ0) is 16.7. The van der Waals surface area contributed by atoms with Crippen molar-refractivity contribution in [2.75, 3.05) is 40.3 Å². The highest BCUT2D eigenvalue weighted by molar-refractivity contribution is 7.89. The molecule has 23 heavy (non-hydrogen) atoms. The van der Waals surface area contributed by atoms with Crippen LogP contribution >= 0.6 is 11.6 Å². The average molecular weight is 359 g/mol. The summed E-state index contributed by atoms with van der Waals surface area (Å²) in [6.45, 7) is 2.61. The molecule has 1 aromatic rings. The molecule has 7 heteroatoms. The van der Waals surface area contributed by atoms with Crippen molar-refractivity contribution < 1.29 is 13.2 Å². The van der Waals surface area contributed by atoms with Crippen molar-refractivity contribution in [2.24, 2.45) is 5.92 Å². The Labute approximate surface area is 143 Å². The summed E-state index contributed by atoms with van der Waals surface area (Å²) in [5.41, 5.74) is -0.283. The summed E-state index contributed by atoms with van der Waals surface area (Å²) in [6.07, 6.45) is 2.01. The molecule has 2 fully saturated rings. The van der Waals surface area contributed by atoms with E-state index in [4.69, 9.17) is 16.3 Å². The van der Waals surface area contributed by atoms with Gasteiger partial charge in [-0.1, -0.05) is 17.7 Å². The maximum atomic E-state index is 12.6. The van der Waals surface area contributed by atoms with E-state index < -0.39 is 10.0 Å². The first-order valence-corrected chi connectivity index (χ1v) is 9.67. The lowest BCUT2D eigenvalue weighted by molar-refractivity contribution is -0.158. The van der Waals surface area contributed by atoms with Crippen molar-refractivity contribution in [3.8, 4) is 0 Å². The predicted molar refractivity (Wildman–Crippen MR) is 90.2 cm³/mol. The summed E-state index contributed by atoms with van der Waals surface area (Å²) in [5.74, 6) is 0.536. The minimum Gasteiger partial charge on any atom is -0.372 e. The second-order valence-corrected chi connectivity index (χ2v) is 9.27. The van der Waals surface area contributed by atoms with Crippen molar-refractivity contribution in [1.82, 2.24) is 9.21 Å². The lowest BCUT2D eigenvalue weighted by Gasteiger charge is -2.52. The molecule has 0 saturated carbocycles. The predicted octanol–water partition coefficient (Wildman–Crippen LogP) is 2.07. The molecule has 1 atom stereocenters. The van der Waals surface area contributed by atoms with Crippen LogP contribution in [0.2, 0.25) is 5.02 Å². The first-order valence-electron chi connectivity index (χ1n) is 7.85. The molecular formula is C16H23ClN2O3S. The zero-order valence-corrected chi connectivity index (χ0v) is 15.1. The fourth-order valence-electron chi connectivity index (χ4n) is 3.37. The molecule has 0 aromatic heterocycles. The molecule has 0 radical (unpaired) electrons. The molecule has 0 aliphatic carbocycles. The Morgan fingerprint density at radius 2 is 2.13 bits per heavy atom. The van der Waals surface area contributed by atoms with Gasteiger partial charge in [0, 0.05) is 24.7 Å². The fraction of sp³-hybridized carbons (Fsp3) is 0.625. The molecule has 2 saturated heterocycles. The minimum absolute atomic E-state index is 0.251. The van der Waals surface area contributed by atoms with Gasteiger partial charge in [-0.05, 0) is 51.1 Å². The highest BCUT2D eigenvalue weighted by Crippen LogP contribution is 2.39. The standard InChI is InChI=1S/C16H23ClN2O3S/c1-18(2)9-13-6-7-16(22-10-13)11-19(12-16)23(20,21)15-5-3-4-14(17)8-15/h3-5,8,13H,6-7,9-12H2,1-2H3. The van der Waals surface area contributed by atoms with E-state index in [1.165, 1.54) is 10.4 Å². The number of ether oxygens (including phenoxy) is 1. The third-order valence-electron chi connectivity index (χ3n) is 4.62. The van der Waals surface area contributed by atoms with Gasteiger partial charge >= 0.3 is 0 Å². The monoisotopic (exact) mass is 358 g/mol. The highest BCUT2D eigenvalue weighted by atomic mass is 35.5. The Kier molecular flexibility index (Phi) is 4.73. The Balaban J connectivity index is 1.61. The Morgan fingerprint density at radius 3 is 2.70 bits per heavy atom. The molecular weight excluding hydrogens is 336 g/mol. The van der Waals surface area contributed by atoms with Crippen LogP contribution in [-0.2, 0) is 14.8 Å². The summed E-state index contributed by atoms with van der Waals surface area (Å²) in [4.78, 5) is 2.42. The van der Waals surface area contributed by atoms with Crippen molar-refractivity contribution in [2.45, 2.75) is 23.3 Å². The first kappa shape index (κ1) is 17.2. The number of halogens is 1. The summed E-state index contributed by atoms with van der Waals surface area (Å²) in [7, 11) is 0.653. The molecule has 0 bridgehead atoms. The van der Waals surface area contributed by atoms with Crippen LogP contribution in [0, 0.1) is 5.92 Å². The number of nitrogens with zero attached hydrogens (tertiary/aromatic N) is 2. The number of sulfonamides is 1. The average Bonchev–Trinajstić information content (AvgIpc) is 2.45. The third kappa shape index (κ3) is 3.56. The third-order valence-corrected chi connectivity index (χ3v) is 6.64. The summed E-state index contributed by atoms with van der Waals surface area (Å²) < 4.78 is 32.7. The maximum absolute atomic E-state index is 12.6.